The molecule has 1 aliphatic rings. The van der Waals surface area contributed by atoms with Crippen LogP contribution in [0.2, 0.25) is 0 Å². The average Bonchev–Trinajstić information content (AvgIpc) is 3.11. The molecule has 8 nitrogen and oxygen atoms in total. The second kappa shape index (κ2) is 8.98. The molecule has 0 radical (unpaired) electrons. The summed E-state index contributed by atoms with van der Waals surface area (Å²) in [4.78, 5) is 11.5. The van der Waals surface area contributed by atoms with Crippen LogP contribution < -0.4 is 5.32 Å². The van der Waals surface area contributed by atoms with E-state index < -0.39 is 12.2 Å². The lowest BCUT2D eigenvalue weighted by Gasteiger charge is -2.33. The van der Waals surface area contributed by atoms with Gasteiger partial charge in [0.2, 0.25) is 5.91 Å². The minimum Gasteiger partial charge on any atom is -0.508 e. The van der Waals surface area contributed by atoms with E-state index in [1.54, 1.807) is 18.2 Å². The van der Waals surface area contributed by atoms with Crippen LogP contribution in [0.5, 0.6) is 5.75 Å². The molecule has 0 bridgehead atoms. The number of nitrogens with one attached hydrogen (secondary N) is 1. The summed E-state index contributed by atoms with van der Waals surface area (Å²) in [6.07, 6.45) is 0.605. The highest BCUT2D eigenvalue weighted by Gasteiger charge is 2.30. The molecule has 0 unspecified atom stereocenters. The van der Waals surface area contributed by atoms with Crippen LogP contribution in [0, 0.1) is 0 Å². The maximum absolute atomic E-state index is 11.5. The van der Waals surface area contributed by atoms with Crippen molar-refractivity contribution in [2.75, 3.05) is 20.3 Å². The van der Waals surface area contributed by atoms with Crippen LogP contribution in [0.25, 0.3) is 11.3 Å². The molecule has 3 rings (SSSR count). The van der Waals surface area contributed by atoms with Gasteiger partial charge in [-0.05, 0) is 25.0 Å². The zero-order valence-corrected chi connectivity index (χ0v) is 15.1. The zero-order valence-electron chi connectivity index (χ0n) is 15.1. The lowest BCUT2D eigenvalue weighted by atomic mass is 9.98. The minimum absolute atomic E-state index is 0.0248. The number of aromatic hydroxyl groups is 1. The first kappa shape index (κ1) is 19.3. The topological polar surface area (TPSA) is 114 Å². The van der Waals surface area contributed by atoms with E-state index in [1.165, 1.54) is 7.11 Å². The van der Waals surface area contributed by atoms with E-state index in [9.17, 15) is 15.0 Å². The Morgan fingerprint density at radius 3 is 3.00 bits per heavy atom. The fourth-order valence-electron chi connectivity index (χ4n) is 3.12. The van der Waals surface area contributed by atoms with Crippen LogP contribution in [0.4, 0.5) is 0 Å². The van der Waals surface area contributed by atoms with Crippen LogP contribution in [0.15, 0.2) is 34.9 Å². The molecule has 3 N–H and O–H groups in total. The number of aliphatic hydroxyl groups is 1. The SMILES string of the molecule is COCC(=O)NC[C@H]1O[C@H](Cc2cc(-c3cccc(O)c3)on2)CC[C@@H]1O. The number of carbonyl (C=O) groups excluding carboxylic acids is 1. The third-order valence-electron chi connectivity index (χ3n) is 4.48. The molecule has 146 valence electrons. The summed E-state index contributed by atoms with van der Waals surface area (Å²) in [7, 11) is 1.45. The first-order valence-electron chi connectivity index (χ1n) is 8.89. The highest BCUT2D eigenvalue weighted by atomic mass is 16.5. The van der Waals surface area contributed by atoms with Gasteiger partial charge in [0.1, 0.15) is 18.5 Å². The van der Waals surface area contributed by atoms with Crippen LogP contribution >= 0.6 is 0 Å². The number of hydrogen-bond acceptors (Lipinski definition) is 7. The molecule has 0 aliphatic carbocycles. The lowest BCUT2D eigenvalue weighted by molar-refractivity contribution is -0.131. The monoisotopic (exact) mass is 376 g/mol. The largest absolute Gasteiger partial charge is 0.508 e. The van der Waals surface area contributed by atoms with E-state index in [0.29, 0.717) is 25.0 Å². The number of aromatic nitrogens is 1. The normalized spacial score (nSPS) is 22.5. The molecule has 1 fully saturated rings. The molecular formula is C19H24N2O6. The number of hydrogen-bond donors (Lipinski definition) is 3. The molecule has 8 heteroatoms. The standard InChI is InChI=1S/C19H24N2O6/c1-25-11-19(24)20-10-18-16(23)6-5-15(26-18)8-13-9-17(27-21-13)12-3-2-4-14(22)7-12/h2-4,7,9,15-16,18,22-23H,5-6,8,10-11H2,1H3,(H,20,24)/t15-,16-,18+/m0/s1. The van der Waals surface area contributed by atoms with Gasteiger partial charge in [-0.15, -0.1) is 0 Å². The lowest BCUT2D eigenvalue weighted by Crippen LogP contribution is -2.47. The maximum Gasteiger partial charge on any atom is 0.246 e. The molecule has 2 aromatic rings. The zero-order chi connectivity index (χ0) is 19.2. The Balaban J connectivity index is 1.57. The molecule has 2 heterocycles. The van der Waals surface area contributed by atoms with E-state index in [0.717, 1.165) is 11.3 Å². The minimum atomic E-state index is -0.621. The van der Waals surface area contributed by atoms with Crippen molar-refractivity contribution in [1.82, 2.24) is 10.5 Å². The molecule has 1 aromatic carbocycles. The summed E-state index contributed by atoms with van der Waals surface area (Å²) < 4.78 is 16.1. The summed E-state index contributed by atoms with van der Waals surface area (Å²) in [5.74, 6) is 0.483. The first-order chi connectivity index (χ1) is 13.0. The average molecular weight is 376 g/mol. The molecule has 1 amide bonds. The van der Waals surface area contributed by atoms with Crippen molar-refractivity contribution in [3.05, 3.63) is 36.0 Å². The molecule has 27 heavy (non-hydrogen) atoms. The summed E-state index contributed by atoms with van der Waals surface area (Å²) in [5.41, 5.74) is 1.48. The number of benzene rings is 1. The van der Waals surface area contributed by atoms with Crippen LogP contribution in [0.1, 0.15) is 18.5 Å². The maximum atomic E-state index is 11.5. The predicted octanol–water partition coefficient (Wildman–Crippen LogP) is 1.26. The van der Waals surface area contributed by atoms with Gasteiger partial charge >= 0.3 is 0 Å². The number of ether oxygens (including phenoxy) is 2. The number of phenols is 1. The summed E-state index contributed by atoms with van der Waals surface area (Å²) in [5, 5.41) is 26.5. The van der Waals surface area contributed by atoms with E-state index in [2.05, 4.69) is 10.5 Å². The van der Waals surface area contributed by atoms with Gasteiger partial charge < -0.3 is 29.5 Å². The van der Waals surface area contributed by atoms with E-state index in [-0.39, 0.29) is 30.9 Å². The van der Waals surface area contributed by atoms with Gasteiger partial charge in [-0.25, -0.2) is 0 Å². The number of aliphatic hydroxyl groups excluding tert-OH is 1. The van der Waals surface area contributed by atoms with Crippen LogP contribution in [-0.2, 0) is 20.7 Å². The molecule has 0 spiro atoms. The molecule has 1 aliphatic heterocycles. The molecule has 1 aromatic heterocycles. The summed E-state index contributed by atoms with van der Waals surface area (Å²) in [6, 6.07) is 8.58. The summed E-state index contributed by atoms with van der Waals surface area (Å²) in [6.45, 7) is 0.205. The Bertz CT molecular complexity index is 762. The van der Waals surface area contributed by atoms with Gasteiger partial charge in [0.15, 0.2) is 5.76 Å². The molecule has 1 saturated heterocycles. The number of nitrogens with zero attached hydrogens (tertiary/aromatic N) is 1. The van der Waals surface area contributed by atoms with Gasteiger partial charge in [-0.3, -0.25) is 4.79 Å². The third kappa shape index (κ3) is 5.29. The van der Waals surface area contributed by atoms with Gasteiger partial charge in [0.05, 0.1) is 17.9 Å². The van der Waals surface area contributed by atoms with Crippen molar-refractivity contribution in [3.63, 3.8) is 0 Å². The summed E-state index contributed by atoms with van der Waals surface area (Å²) >= 11 is 0. The highest BCUT2D eigenvalue weighted by Crippen LogP contribution is 2.26. The Morgan fingerprint density at radius 2 is 2.22 bits per heavy atom. The smallest absolute Gasteiger partial charge is 0.246 e. The quantitative estimate of drug-likeness (QED) is 0.666. The fraction of sp³-hybridized carbons (Fsp3) is 0.474. The number of methoxy groups -OCH3 is 1. The third-order valence-corrected chi connectivity index (χ3v) is 4.48. The Hall–Kier alpha value is -2.42. The van der Waals surface area contributed by atoms with Crippen molar-refractivity contribution in [1.29, 1.82) is 0 Å². The van der Waals surface area contributed by atoms with Crippen molar-refractivity contribution in [3.8, 4) is 17.1 Å². The second-order valence-electron chi connectivity index (χ2n) is 6.62. The Morgan fingerprint density at radius 1 is 1.37 bits per heavy atom. The predicted molar refractivity (Wildman–Crippen MR) is 96.1 cm³/mol. The molecular weight excluding hydrogens is 352 g/mol. The van der Waals surface area contributed by atoms with Crippen molar-refractivity contribution in [2.45, 2.75) is 37.6 Å². The highest BCUT2D eigenvalue weighted by molar-refractivity contribution is 5.77. The molecule has 3 atom stereocenters. The van der Waals surface area contributed by atoms with E-state index in [1.807, 2.05) is 12.1 Å². The van der Waals surface area contributed by atoms with Crippen molar-refractivity contribution in [2.24, 2.45) is 0 Å². The van der Waals surface area contributed by atoms with E-state index in [4.69, 9.17) is 14.0 Å². The Labute approximate surface area is 157 Å². The molecule has 0 saturated carbocycles. The van der Waals surface area contributed by atoms with Gasteiger partial charge in [-0.2, -0.15) is 0 Å². The van der Waals surface area contributed by atoms with Gasteiger partial charge in [0, 0.05) is 31.7 Å². The fourth-order valence-corrected chi connectivity index (χ4v) is 3.12. The number of amides is 1. The van der Waals surface area contributed by atoms with Crippen molar-refractivity contribution < 1.29 is 29.0 Å². The second-order valence-corrected chi connectivity index (χ2v) is 6.62. The van der Waals surface area contributed by atoms with E-state index >= 15 is 0 Å². The Kier molecular flexibility index (Phi) is 6.44. The van der Waals surface area contributed by atoms with Gasteiger partial charge in [0.25, 0.3) is 0 Å². The number of carbonyl (C=O) groups is 1. The van der Waals surface area contributed by atoms with Gasteiger partial charge in [-0.1, -0.05) is 17.3 Å². The van der Waals surface area contributed by atoms with Crippen LogP contribution in [0.3, 0.4) is 0 Å². The van der Waals surface area contributed by atoms with Crippen LogP contribution in [-0.4, -0.2) is 59.9 Å². The van der Waals surface area contributed by atoms with Crippen molar-refractivity contribution >= 4 is 5.91 Å². The first-order valence-corrected chi connectivity index (χ1v) is 8.89. The number of phenolic OH excluding ortho intramolecular Hbond substituents is 1. The number of rotatable bonds is 7.